The number of hydrogen-bond donors (Lipinski definition) is 1. The van der Waals surface area contributed by atoms with Gasteiger partial charge in [-0.1, -0.05) is 18.2 Å². The number of rotatable bonds is 2. The van der Waals surface area contributed by atoms with E-state index in [0.29, 0.717) is 10.6 Å². The highest BCUT2D eigenvalue weighted by molar-refractivity contribution is 7.20. The van der Waals surface area contributed by atoms with Crippen LogP contribution in [0.1, 0.15) is 9.67 Å². The monoisotopic (exact) mass is 271 g/mol. The number of nitrogens with one attached hydrogen (secondary N) is 1. The van der Waals surface area contributed by atoms with Crippen molar-refractivity contribution in [2.45, 2.75) is 0 Å². The number of carbonyl (C=O) groups is 1. The van der Waals surface area contributed by atoms with Gasteiger partial charge in [0.05, 0.1) is 4.88 Å². The van der Waals surface area contributed by atoms with Gasteiger partial charge >= 0.3 is 0 Å². The third kappa shape index (κ3) is 2.48. The number of halogens is 1. The molecule has 2 aromatic carbocycles. The largest absolute Gasteiger partial charge is 0.321 e. The molecule has 4 heteroatoms. The number of anilines is 1. The number of benzene rings is 2. The molecule has 0 spiro atoms. The summed E-state index contributed by atoms with van der Waals surface area (Å²) < 4.78 is 13.9. The lowest BCUT2D eigenvalue weighted by molar-refractivity contribution is 0.103. The van der Waals surface area contributed by atoms with Gasteiger partial charge in [-0.25, -0.2) is 4.39 Å². The van der Waals surface area contributed by atoms with Gasteiger partial charge in [-0.05, 0) is 41.8 Å². The van der Waals surface area contributed by atoms with Crippen molar-refractivity contribution in [3.63, 3.8) is 0 Å². The summed E-state index contributed by atoms with van der Waals surface area (Å²) in [6.07, 6.45) is 0. The van der Waals surface area contributed by atoms with Crippen molar-refractivity contribution in [2.24, 2.45) is 0 Å². The first-order valence-corrected chi connectivity index (χ1v) is 6.59. The fourth-order valence-corrected chi connectivity index (χ4v) is 2.78. The van der Waals surface area contributed by atoms with Gasteiger partial charge in [0.25, 0.3) is 5.91 Å². The fourth-order valence-electron chi connectivity index (χ4n) is 1.82. The third-order valence-corrected chi connectivity index (χ3v) is 3.87. The maximum Gasteiger partial charge on any atom is 0.265 e. The predicted octanol–water partition coefficient (Wildman–Crippen LogP) is 4.29. The normalized spacial score (nSPS) is 10.6. The second-order valence-electron chi connectivity index (χ2n) is 4.11. The van der Waals surface area contributed by atoms with Crippen LogP contribution in [-0.2, 0) is 0 Å². The Kier molecular flexibility index (Phi) is 3.01. The van der Waals surface area contributed by atoms with Gasteiger partial charge in [0.2, 0.25) is 0 Å². The molecule has 0 bridgehead atoms. The second-order valence-corrected chi connectivity index (χ2v) is 5.19. The van der Waals surface area contributed by atoms with Crippen molar-refractivity contribution in [1.29, 1.82) is 0 Å². The molecule has 0 radical (unpaired) electrons. The Labute approximate surface area is 113 Å². The van der Waals surface area contributed by atoms with Crippen molar-refractivity contribution >= 4 is 33.0 Å². The van der Waals surface area contributed by atoms with E-state index in [1.807, 2.05) is 30.3 Å². The zero-order valence-corrected chi connectivity index (χ0v) is 10.7. The molecule has 1 N–H and O–H groups in total. The molecule has 0 unspecified atom stereocenters. The topological polar surface area (TPSA) is 29.1 Å². The summed E-state index contributed by atoms with van der Waals surface area (Å²) in [5.74, 6) is -0.493. The molecule has 1 amide bonds. The number of fused-ring (bicyclic) bond motifs is 1. The van der Waals surface area contributed by atoms with E-state index in [4.69, 9.17) is 0 Å². The highest BCUT2D eigenvalue weighted by atomic mass is 32.1. The average molecular weight is 271 g/mol. The minimum Gasteiger partial charge on any atom is -0.321 e. The Morgan fingerprint density at radius 3 is 2.53 bits per heavy atom. The molecule has 0 aliphatic carbocycles. The maximum atomic E-state index is 12.8. The molecule has 1 heterocycles. The molecule has 1 aromatic heterocycles. The summed E-state index contributed by atoms with van der Waals surface area (Å²) in [6.45, 7) is 0. The van der Waals surface area contributed by atoms with E-state index in [0.717, 1.165) is 10.1 Å². The summed E-state index contributed by atoms with van der Waals surface area (Å²) in [7, 11) is 0. The Hall–Kier alpha value is -2.20. The van der Waals surface area contributed by atoms with Crippen molar-refractivity contribution in [2.75, 3.05) is 5.32 Å². The van der Waals surface area contributed by atoms with Crippen LogP contribution in [-0.4, -0.2) is 5.91 Å². The van der Waals surface area contributed by atoms with Crippen LogP contribution >= 0.6 is 11.3 Å². The summed E-state index contributed by atoms with van der Waals surface area (Å²) in [4.78, 5) is 12.7. The van der Waals surface area contributed by atoms with Gasteiger partial charge in [0, 0.05) is 10.4 Å². The van der Waals surface area contributed by atoms with E-state index in [1.54, 1.807) is 12.1 Å². The second kappa shape index (κ2) is 4.82. The molecule has 0 saturated carbocycles. The smallest absolute Gasteiger partial charge is 0.265 e. The molecule has 94 valence electrons. The number of amides is 1. The van der Waals surface area contributed by atoms with Crippen LogP contribution < -0.4 is 5.32 Å². The van der Waals surface area contributed by atoms with E-state index in [-0.39, 0.29) is 11.7 Å². The molecule has 0 aliphatic heterocycles. The zero-order chi connectivity index (χ0) is 13.2. The van der Waals surface area contributed by atoms with Gasteiger partial charge < -0.3 is 5.32 Å². The van der Waals surface area contributed by atoms with Crippen LogP contribution in [0.3, 0.4) is 0 Å². The fraction of sp³-hybridized carbons (Fsp3) is 0. The molecule has 0 aliphatic rings. The molecule has 3 rings (SSSR count). The number of hydrogen-bond acceptors (Lipinski definition) is 2. The zero-order valence-electron chi connectivity index (χ0n) is 9.89. The molecule has 0 saturated heterocycles. The standard InChI is InChI=1S/C15H10FNOS/c16-11-5-7-12(8-6-11)17-15(18)14-9-10-3-1-2-4-13(10)19-14/h1-9H,(H,17,18). The van der Waals surface area contributed by atoms with Crippen LogP contribution in [0.5, 0.6) is 0 Å². The highest BCUT2D eigenvalue weighted by Gasteiger charge is 2.10. The lowest BCUT2D eigenvalue weighted by atomic mass is 10.2. The lowest BCUT2D eigenvalue weighted by Crippen LogP contribution is -2.09. The molecule has 19 heavy (non-hydrogen) atoms. The first kappa shape index (κ1) is 11.9. The minimum absolute atomic E-state index is 0.173. The summed E-state index contributed by atoms with van der Waals surface area (Å²) in [6, 6.07) is 15.4. The van der Waals surface area contributed by atoms with Gasteiger partial charge in [0.15, 0.2) is 0 Å². The van der Waals surface area contributed by atoms with Crippen molar-refractivity contribution in [3.8, 4) is 0 Å². The van der Waals surface area contributed by atoms with Crippen molar-refractivity contribution < 1.29 is 9.18 Å². The molecule has 2 nitrogen and oxygen atoms in total. The van der Waals surface area contributed by atoms with Gasteiger partial charge in [-0.3, -0.25) is 4.79 Å². The predicted molar refractivity (Wildman–Crippen MR) is 76.2 cm³/mol. The average Bonchev–Trinajstić information content (AvgIpc) is 2.85. The van der Waals surface area contributed by atoms with E-state index in [9.17, 15) is 9.18 Å². The van der Waals surface area contributed by atoms with Crippen molar-refractivity contribution in [3.05, 3.63) is 65.3 Å². The van der Waals surface area contributed by atoms with Gasteiger partial charge in [0.1, 0.15) is 5.82 Å². The van der Waals surface area contributed by atoms with Gasteiger partial charge in [-0.15, -0.1) is 11.3 Å². The Bertz CT molecular complexity index is 700. The molecule has 0 fully saturated rings. The van der Waals surface area contributed by atoms with Crippen LogP contribution in [0.25, 0.3) is 10.1 Å². The van der Waals surface area contributed by atoms with E-state index in [2.05, 4.69) is 5.32 Å². The van der Waals surface area contributed by atoms with Gasteiger partial charge in [-0.2, -0.15) is 0 Å². The molecule has 0 atom stereocenters. The Balaban J connectivity index is 1.85. The molecular formula is C15H10FNOS. The quantitative estimate of drug-likeness (QED) is 0.740. The third-order valence-electron chi connectivity index (χ3n) is 2.75. The number of thiophene rings is 1. The maximum absolute atomic E-state index is 12.8. The Morgan fingerprint density at radius 2 is 1.79 bits per heavy atom. The Morgan fingerprint density at radius 1 is 1.05 bits per heavy atom. The van der Waals surface area contributed by atoms with E-state index < -0.39 is 0 Å². The van der Waals surface area contributed by atoms with Crippen LogP contribution in [0.15, 0.2) is 54.6 Å². The van der Waals surface area contributed by atoms with E-state index in [1.165, 1.54) is 23.5 Å². The van der Waals surface area contributed by atoms with Crippen LogP contribution in [0.4, 0.5) is 10.1 Å². The molecule has 3 aromatic rings. The van der Waals surface area contributed by atoms with E-state index >= 15 is 0 Å². The van der Waals surface area contributed by atoms with Crippen LogP contribution in [0.2, 0.25) is 0 Å². The summed E-state index contributed by atoms with van der Waals surface area (Å²) in [5, 5.41) is 3.80. The summed E-state index contributed by atoms with van der Waals surface area (Å²) >= 11 is 1.44. The van der Waals surface area contributed by atoms with Crippen molar-refractivity contribution in [1.82, 2.24) is 0 Å². The SMILES string of the molecule is O=C(Nc1ccc(F)cc1)c1cc2ccccc2s1. The minimum atomic E-state index is -0.320. The molecular weight excluding hydrogens is 261 g/mol. The first-order valence-electron chi connectivity index (χ1n) is 5.78. The lowest BCUT2D eigenvalue weighted by Gasteiger charge is -2.02. The first-order chi connectivity index (χ1) is 9.22. The number of carbonyl (C=O) groups excluding carboxylic acids is 1. The summed E-state index contributed by atoms with van der Waals surface area (Å²) in [5.41, 5.74) is 0.587. The van der Waals surface area contributed by atoms with Crippen LogP contribution in [0, 0.1) is 5.82 Å². The highest BCUT2D eigenvalue weighted by Crippen LogP contribution is 2.25.